The SMILES string of the molecule is CCC(CC)C(=O)/C=C(\O)C(CC)CC.Cc1[c-]c(-c2nccc3c(C)c(-c4ccc(C(C)(C)C)cc4)sc23)cc(C)c1.[Ir]. The summed E-state index contributed by atoms with van der Waals surface area (Å²) in [5.41, 5.74) is 8.66. The molecule has 0 amide bonds. The number of carbonyl (C=O) groups is 1. The minimum absolute atomic E-state index is 0. The van der Waals surface area contributed by atoms with Crippen LogP contribution in [0.5, 0.6) is 0 Å². The molecule has 0 aliphatic heterocycles. The fourth-order valence-corrected chi connectivity index (χ4v) is 6.85. The van der Waals surface area contributed by atoms with E-state index in [4.69, 9.17) is 4.98 Å². The Morgan fingerprint density at radius 1 is 0.932 bits per heavy atom. The van der Waals surface area contributed by atoms with E-state index in [-0.39, 0.29) is 48.9 Å². The minimum Gasteiger partial charge on any atom is -0.512 e. The van der Waals surface area contributed by atoms with Gasteiger partial charge in [-0.05, 0) is 66.2 Å². The van der Waals surface area contributed by atoms with E-state index in [9.17, 15) is 9.90 Å². The predicted molar refractivity (Wildman–Crippen MR) is 186 cm³/mol. The maximum Gasteiger partial charge on any atom is 0.162 e. The molecule has 0 unspecified atom stereocenters. The van der Waals surface area contributed by atoms with E-state index < -0.39 is 0 Å². The first-order valence-electron chi connectivity index (χ1n) is 15.8. The van der Waals surface area contributed by atoms with Crippen molar-refractivity contribution in [2.75, 3.05) is 0 Å². The molecule has 2 heterocycles. The van der Waals surface area contributed by atoms with Gasteiger partial charge in [-0.25, -0.2) is 0 Å². The molecule has 0 aliphatic rings. The van der Waals surface area contributed by atoms with Crippen molar-refractivity contribution in [2.24, 2.45) is 11.8 Å². The van der Waals surface area contributed by atoms with Gasteiger partial charge >= 0.3 is 0 Å². The Balaban J connectivity index is 0.000000363. The molecule has 4 rings (SSSR count). The summed E-state index contributed by atoms with van der Waals surface area (Å²) in [6.07, 6.45) is 6.83. The number of thiophene rings is 1. The van der Waals surface area contributed by atoms with Gasteiger partial charge in [0.2, 0.25) is 0 Å². The summed E-state index contributed by atoms with van der Waals surface area (Å²) in [5.74, 6) is 0.547. The Morgan fingerprint density at radius 3 is 2.05 bits per heavy atom. The number of fused-ring (bicyclic) bond motifs is 1. The fraction of sp³-hybridized carbons (Fsp3) is 0.436. The van der Waals surface area contributed by atoms with E-state index in [1.54, 1.807) is 0 Å². The molecule has 2 aromatic carbocycles. The van der Waals surface area contributed by atoms with Crippen LogP contribution in [0.3, 0.4) is 0 Å². The van der Waals surface area contributed by atoms with Crippen molar-refractivity contribution in [3.8, 4) is 21.7 Å². The van der Waals surface area contributed by atoms with E-state index >= 15 is 0 Å². The van der Waals surface area contributed by atoms with Crippen molar-refractivity contribution in [2.45, 2.75) is 100 Å². The van der Waals surface area contributed by atoms with Crippen LogP contribution in [0.2, 0.25) is 0 Å². The van der Waals surface area contributed by atoms with Gasteiger partial charge in [0, 0.05) is 59.5 Å². The van der Waals surface area contributed by atoms with Gasteiger partial charge in [0.05, 0.1) is 5.76 Å². The van der Waals surface area contributed by atoms with Crippen molar-refractivity contribution >= 4 is 27.2 Å². The molecule has 4 aromatic rings. The molecule has 0 spiro atoms. The molecule has 0 saturated heterocycles. The number of carbonyl (C=O) groups excluding carboxylic acids is 1. The quantitative estimate of drug-likeness (QED) is 0.104. The zero-order valence-corrected chi connectivity index (χ0v) is 31.4. The number of rotatable bonds is 9. The van der Waals surface area contributed by atoms with Gasteiger partial charge in [0.1, 0.15) is 0 Å². The topological polar surface area (TPSA) is 50.2 Å². The van der Waals surface area contributed by atoms with Gasteiger partial charge < -0.3 is 10.1 Å². The first kappa shape index (κ1) is 37.6. The van der Waals surface area contributed by atoms with Crippen LogP contribution >= 0.6 is 11.3 Å². The summed E-state index contributed by atoms with van der Waals surface area (Å²) in [5, 5.41) is 11.0. The van der Waals surface area contributed by atoms with Gasteiger partial charge in [0.15, 0.2) is 5.78 Å². The normalized spacial score (nSPS) is 11.9. The molecule has 1 radical (unpaired) electrons. The second-order valence-corrected chi connectivity index (χ2v) is 13.7. The third-order valence-electron chi connectivity index (χ3n) is 8.35. The molecular weight excluding hydrogens is 739 g/mol. The number of aliphatic hydroxyl groups excluding tert-OH is 1. The number of nitrogens with zero attached hydrogens (tertiary/aromatic N) is 1. The molecular formula is C39H50IrNO2S-. The van der Waals surface area contributed by atoms with Gasteiger partial charge in [-0.1, -0.05) is 86.6 Å². The third kappa shape index (κ3) is 9.22. The van der Waals surface area contributed by atoms with Crippen LogP contribution in [0.4, 0.5) is 0 Å². The molecule has 0 bridgehead atoms. The summed E-state index contributed by atoms with van der Waals surface area (Å²) in [7, 11) is 0. The van der Waals surface area contributed by atoms with Crippen LogP contribution in [0.1, 0.15) is 96.4 Å². The molecule has 0 atom stereocenters. The molecule has 239 valence electrons. The molecule has 1 N–H and O–H groups in total. The zero-order chi connectivity index (χ0) is 31.9. The summed E-state index contributed by atoms with van der Waals surface area (Å²) in [6, 6.07) is 19.0. The van der Waals surface area contributed by atoms with Crippen LogP contribution < -0.4 is 0 Å². The van der Waals surface area contributed by atoms with Crippen LogP contribution in [0.25, 0.3) is 31.8 Å². The van der Waals surface area contributed by atoms with E-state index in [1.807, 2.05) is 45.2 Å². The van der Waals surface area contributed by atoms with Crippen molar-refractivity contribution in [3.63, 3.8) is 0 Å². The summed E-state index contributed by atoms with van der Waals surface area (Å²) in [4.78, 5) is 17.8. The number of aromatic nitrogens is 1. The largest absolute Gasteiger partial charge is 0.512 e. The predicted octanol–water partition coefficient (Wildman–Crippen LogP) is 11.5. The summed E-state index contributed by atoms with van der Waals surface area (Å²) < 4.78 is 1.25. The molecule has 3 nitrogen and oxygen atoms in total. The molecule has 0 saturated carbocycles. The Morgan fingerprint density at radius 2 is 1.52 bits per heavy atom. The second kappa shape index (κ2) is 16.6. The fourth-order valence-electron chi connectivity index (χ4n) is 5.54. The number of aliphatic hydroxyl groups is 1. The maximum absolute atomic E-state index is 11.7. The van der Waals surface area contributed by atoms with Crippen LogP contribution in [0, 0.1) is 38.7 Å². The molecule has 0 aliphatic carbocycles. The summed E-state index contributed by atoms with van der Waals surface area (Å²) in [6.45, 7) is 21.3. The Labute approximate surface area is 283 Å². The van der Waals surface area contributed by atoms with Crippen molar-refractivity contribution in [1.29, 1.82) is 0 Å². The number of hydrogen-bond donors (Lipinski definition) is 1. The van der Waals surface area contributed by atoms with Crippen molar-refractivity contribution in [1.82, 2.24) is 4.98 Å². The van der Waals surface area contributed by atoms with Crippen molar-refractivity contribution in [3.05, 3.63) is 88.8 Å². The van der Waals surface area contributed by atoms with E-state index in [0.717, 1.165) is 42.5 Å². The first-order chi connectivity index (χ1) is 20.3. The average Bonchev–Trinajstić information content (AvgIpc) is 3.30. The number of hydrogen-bond acceptors (Lipinski definition) is 4. The Kier molecular flexibility index (Phi) is 14.2. The van der Waals surface area contributed by atoms with E-state index in [1.165, 1.54) is 43.3 Å². The molecule has 2 aromatic heterocycles. The maximum atomic E-state index is 11.7. The Hall–Kier alpha value is -2.59. The summed E-state index contributed by atoms with van der Waals surface area (Å²) >= 11 is 1.84. The minimum atomic E-state index is 0. The smallest absolute Gasteiger partial charge is 0.162 e. The number of aryl methyl sites for hydroxylation is 3. The van der Waals surface area contributed by atoms with Crippen molar-refractivity contribution < 1.29 is 30.0 Å². The third-order valence-corrected chi connectivity index (χ3v) is 9.71. The van der Waals surface area contributed by atoms with Crippen LogP contribution in [-0.4, -0.2) is 15.9 Å². The van der Waals surface area contributed by atoms with Gasteiger partial charge in [-0.2, -0.15) is 0 Å². The van der Waals surface area contributed by atoms with Crippen LogP contribution in [0.15, 0.2) is 60.5 Å². The van der Waals surface area contributed by atoms with Gasteiger partial charge in [-0.3, -0.25) is 4.79 Å². The van der Waals surface area contributed by atoms with E-state index in [0.29, 0.717) is 0 Å². The van der Waals surface area contributed by atoms with Gasteiger partial charge in [0.25, 0.3) is 0 Å². The monoisotopic (exact) mass is 789 g/mol. The molecule has 44 heavy (non-hydrogen) atoms. The number of ketones is 1. The van der Waals surface area contributed by atoms with Crippen LogP contribution in [-0.2, 0) is 30.3 Å². The molecule has 0 fully saturated rings. The second-order valence-electron chi connectivity index (χ2n) is 12.7. The number of allylic oxidation sites excluding steroid dienone is 2. The standard InChI is InChI=1S/C26H26NS.C13H24O2.Ir/c1-16-13-17(2)15-20(14-16)23-25-22(11-12-27-23)18(3)24(28-25)19-7-9-21(10-8-19)26(4,5)6;1-5-10(6-2)12(14)9-13(15)11(7-3)8-4;/h7-14H,1-6H3;9-11,14H,5-8H2,1-4H3;/q-1;;/b;12-9-;. The average molecular weight is 789 g/mol. The Bertz CT molecular complexity index is 1530. The number of benzene rings is 2. The molecule has 5 heteroatoms. The number of pyridine rings is 1. The first-order valence-corrected chi connectivity index (χ1v) is 16.6. The zero-order valence-electron chi connectivity index (χ0n) is 28.2. The van der Waals surface area contributed by atoms with E-state index in [2.05, 4.69) is 90.1 Å². The van der Waals surface area contributed by atoms with Gasteiger partial charge in [-0.15, -0.1) is 46.2 Å².